The van der Waals surface area contributed by atoms with Crippen molar-refractivity contribution in [1.29, 1.82) is 0 Å². The number of hydrogen-bond acceptors (Lipinski definition) is 4. The molecule has 2 atom stereocenters. The van der Waals surface area contributed by atoms with Gasteiger partial charge in [-0.1, -0.05) is 81.3 Å². The number of carboxylic acid groups (broad SMARTS) is 1. The molecule has 2 unspecified atom stereocenters. The molecule has 0 aliphatic carbocycles. The van der Waals surface area contributed by atoms with Gasteiger partial charge in [-0.3, -0.25) is 4.57 Å². The van der Waals surface area contributed by atoms with Gasteiger partial charge in [0.1, 0.15) is 0 Å². The van der Waals surface area contributed by atoms with Crippen LogP contribution in [0.25, 0.3) is 0 Å². The number of rotatable bonds is 8. The molecule has 0 bridgehead atoms. The van der Waals surface area contributed by atoms with Crippen LogP contribution in [0.1, 0.15) is 57.3 Å². The van der Waals surface area contributed by atoms with E-state index in [-0.39, 0.29) is 5.41 Å². The molecule has 0 heterocycles. The minimum absolute atomic E-state index is 0.331. The Labute approximate surface area is 214 Å². The van der Waals surface area contributed by atoms with E-state index in [1.165, 1.54) is 0 Å². The highest BCUT2D eigenvalue weighted by molar-refractivity contribution is 7.73. The number of aliphatic hydroxyl groups excluding tert-OH is 2. The zero-order valence-corrected chi connectivity index (χ0v) is 22.4. The van der Waals surface area contributed by atoms with E-state index in [0.29, 0.717) is 16.2 Å². The standard InChI is InChI=1S/C12H11O2P.C10H22O2.C7H6O2/c13-15(14,11-7-3-1-4-8-11)12-9-5-2-6-10-12;1-5-6-7-10(4,8(2)11)9(3)12;8-7(9)6-4-2-1-3-5-6/h1-10H,(H,13,14);8-9,11-12H,5-7H2,1-4H3;1-5H,(H,8,9). The molecule has 6 nitrogen and oxygen atoms in total. The molecule has 3 aromatic carbocycles. The highest BCUT2D eigenvalue weighted by Gasteiger charge is 2.34. The van der Waals surface area contributed by atoms with Gasteiger partial charge in [0.15, 0.2) is 0 Å². The van der Waals surface area contributed by atoms with Crippen LogP contribution in [0, 0.1) is 5.41 Å². The molecule has 0 aliphatic rings. The second-order valence-electron chi connectivity index (χ2n) is 8.88. The smallest absolute Gasteiger partial charge is 0.335 e. The van der Waals surface area contributed by atoms with E-state index < -0.39 is 25.5 Å². The van der Waals surface area contributed by atoms with Crippen molar-refractivity contribution in [2.24, 2.45) is 5.41 Å². The van der Waals surface area contributed by atoms with E-state index in [1.54, 1.807) is 92.7 Å². The van der Waals surface area contributed by atoms with Gasteiger partial charge in [0, 0.05) is 16.0 Å². The predicted octanol–water partition coefficient (Wildman–Crippen LogP) is 5.24. The van der Waals surface area contributed by atoms with Crippen LogP contribution >= 0.6 is 7.37 Å². The first-order chi connectivity index (χ1) is 17.0. The SMILES string of the molecule is CCCCC(C)(C(C)O)C(C)O.O=C(O)c1ccccc1.O=P(O)(c1ccccc1)c1ccccc1. The largest absolute Gasteiger partial charge is 0.478 e. The summed E-state index contributed by atoms with van der Waals surface area (Å²) in [6.07, 6.45) is 2.17. The summed E-state index contributed by atoms with van der Waals surface area (Å²) in [5, 5.41) is 28.3. The van der Waals surface area contributed by atoms with Crippen molar-refractivity contribution in [2.45, 2.75) is 59.2 Å². The molecule has 0 saturated carbocycles. The molecule has 7 heteroatoms. The fourth-order valence-electron chi connectivity index (χ4n) is 3.31. The number of carboxylic acids is 1. The van der Waals surface area contributed by atoms with Crippen molar-refractivity contribution in [3.8, 4) is 0 Å². The zero-order valence-electron chi connectivity index (χ0n) is 21.5. The van der Waals surface area contributed by atoms with E-state index in [9.17, 15) is 24.5 Å². The molecular formula is C29H39O6P. The number of aromatic carboxylic acids is 1. The van der Waals surface area contributed by atoms with Gasteiger partial charge in [0.05, 0.1) is 17.8 Å². The summed E-state index contributed by atoms with van der Waals surface area (Å²) in [5.41, 5.74) is -0.00627. The molecule has 0 spiro atoms. The summed E-state index contributed by atoms with van der Waals surface area (Å²) < 4.78 is 12.2. The molecule has 0 saturated heterocycles. The normalized spacial score (nSPS) is 14.1. The van der Waals surface area contributed by atoms with Crippen molar-refractivity contribution < 1.29 is 29.6 Å². The third kappa shape index (κ3) is 9.71. The van der Waals surface area contributed by atoms with E-state index >= 15 is 0 Å². The van der Waals surface area contributed by atoms with E-state index in [1.807, 2.05) is 19.1 Å². The molecule has 0 aliphatic heterocycles. The zero-order chi connectivity index (χ0) is 27.2. The molecule has 0 fully saturated rings. The summed E-state index contributed by atoms with van der Waals surface area (Å²) in [4.78, 5) is 20.2. The Morgan fingerprint density at radius 1 is 0.806 bits per heavy atom. The molecule has 3 aromatic rings. The maximum Gasteiger partial charge on any atom is 0.335 e. The Kier molecular flexibility index (Phi) is 13.4. The van der Waals surface area contributed by atoms with Crippen molar-refractivity contribution in [1.82, 2.24) is 0 Å². The molecule has 0 aromatic heterocycles. The fraction of sp³-hybridized carbons (Fsp3) is 0.345. The quantitative estimate of drug-likeness (QED) is 0.306. The lowest BCUT2D eigenvalue weighted by Crippen LogP contribution is -2.39. The average Bonchev–Trinajstić information content (AvgIpc) is 2.89. The van der Waals surface area contributed by atoms with Crippen LogP contribution in [-0.4, -0.2) is 38.4 Å². The minimum atomic E-state index is -3.40. The lowest BCUT2D eigenvalue weighted by molar-refractivity contribution is -0.0481. The second-order valence-corrected chi connectivity index (χ2v) is 11.1. The van der Waals surface area contributed by atoms with Gasteiger partial charge < -0.3 is 20.2 Å². The molecular weight excluding hydrogens is 475 g/mol. The first kappa shape index (κ1) is 31.3. The Morgan fingerprint density at radius 3 is 1.44 bits per heavy atom. The van der Waals surface area contributed by atoms with Crippen molar-refractivity contribution in [3.05, 3.63) is 96.6 Å². The fourth-order valence-corrected chi connectivity index (χ4v) is 4.77. The van der Waals surface area contributed by atoms with Crippen LogP contribution in [0.4, 0.5) is 0 Å². The molecule has 0 amide bonds. The number of hydrogen-bond donors (Lipinski definition) is 4. The summed E-state index contributed by atoms with van der Waals surface area (Å²) in [6, 6.07) is 25.7. The van der Waals surface area contributed by atoms with Crippen LogP contribution in [0.15, 0.2) is 91.0 Å². The lowest BCUT2D eigenvalue weighted by atomic mass is 9.76. The van der Waals surface area contributed by atoms with Gasteiger partial charge in [-0.05, 0) is 56.7 Å². The third-order valence-electron chi connectivity index (χ3n) is 6.21. The Hall–Kier alpha value is -2.76. The van der Waals surface area contributed by atoms with Crippen LogP contribution in [0.5, 0.6) is 0 Å². The lowest BCUT2D eigenvalue weighted by Gasteiger charge is -2.35. The Balaban J connectivity index is 0.000000280. The summed E-state index contributed by atoms with van der Waals surface area (Å²) >= 11 is 0. The van der Waals surface area contributed by atoms with E-state index in [0.717, 1.165) is 19.3 Å². The maximum atomic E-state index is 12.2. The van der Waals surface area contributed by atoms with Crippen molar-refractivity contribution >= 4 is 23.9 Å². The highest BCUT2D eigenvalue weighted by atomic mass is 31.2. The minimum Gasteiger partial charge on any atom is -0.478 e. The molecule has 0 radical (unpaired) electrons. The number of benzene rings is 3. The van der Waals surface area contributed by atoms with Crippen LogP contribution in [0.3, 0.4) is 0 Å². The van der Waals surface area contributed by atoms with Crippen LogP contribution in [0.2, 0.25) is 0 Å². The van der Waals surface area contributed by atoms with Crippen LogP contribution in [-0.2, 0) is 4.57 Å². The molecule has 196 valence electrons. The van der Waals surface area contributed by atoms with Gasteiger partial charge >= 0.3 is 5.97 Å². The Bertz CT molecular complexity index is 1000. The average molecular weight is 515 g/mol. The monoisotopic (exact) mass is 514 g/mol. The Morgan fingerprint density at radius 2 is 1.17 bits per heavy atom. The summed E-state index contributed by atoms with van der Waals surface area (Å²) in [5.74, 6) is -0.879. The second kappa shape index (κ2) is 15.4. The van der Waals surface area contributed by atoms with E-state index in [4.69, 9.17) is 5.11 Å². The van der Waals surface area contributed by atoms with E-state index in [2.05, 4.69) is 6.92 Å². The van der Waals surface area contributed by atoms with Crippen molar-refractivity contribution in [3.63, 3.8) is 0 Å². The number of carbonyl (C=O) groups is 1. The first-order valence-electron chi connectivity index (χ1n) is 12.0. The number of aliphatic hydroxyl groups is 2. The predicted molar refractivity (Wildman–Crippen MR) is 146 cm³/mol. The highest BCUT2D eigenvalue weighted by Crippen LogP contribution is 2.37. The van der Waals surface area contributed by atoms with Gasteiger partial charge in [0.2, 0.25) is 0 Å². The van der Waals surface area contributed by atoms with Gasteiger partial charge in [-0.15, -0.1) is 0 Å². The number of unbranched alkanes of at least 4 members (excludes halogenated alkanes) is 1. The topological polar surface area (TPSA) is 115 Å². The van der Waals surface area contributed by atoms with Gasteiger partial charge in [-0.25, -0.2) is 4.79 Å². The van der Waals surface area contributed by atoms with Crippen LogP contribution < -0.4 is 10.6 Å². The maximum absolute atomic E-state index is 12.2. The summed E-state index contributed by atoms with van der Waals surface area (Å²) in [6.45, 7) is 7.56. The molecule has 3 rings (SSSR count). The van der Waals surface area contributed by atoms with Gasteiger partial charge in [-0.2, -0.15) is 0 Å². The third-order valence-corrected chi connectivity index (χ3v) is 8.21. The summed E-state index contributed by atoms with van der Waals surface area (Å²) in [7, 11) is -3.40. The first-order valence-corrected chi connectivity index (χ1v) is 13.7. The van der Waals surface area contributed by atoms with Crippen molar-refractivity contribution in [2.75, 3.05) is 0 Å². The molecule has 4 N–H and O–H groups in total. The van der Waals surface area contributed by atoms with Gasteiger partial charge in [0.25, 0.3) is 7.37 Å². The molecule has 36 heavy (non-hydrogen) atoms.